The minimum Gasteiger partial charge on any atom is -0.465 e. The van der Waals surface area contributed by atoms with Gasteiger partial charge in [-0.05, 0) is 83.0 Å². The van der Waals surface area contributed by atoms with Gasteiger partial charge in [-0.1, -0.05) is 39.7 Å². The van der Waals surface area contributed by atoms with E-state index in [1.54, 1.807) is 6.08 Å². The van der Waals surface area contributed by atoms with Gasteiger partial charge in [-0.25, -0.2) is 4.79 Å². The maximum atomic E-state index is 12.6. The van der Waals surface area contributed by atoms with Gasteiger partial charge in [0.25, 0.3) is 0 Å². The first-order chi connectivity index (χ1) is 19.1. The first-order valence-electron chi connectivity index (χ1n) is 15.5. The molecule has 1 saturated carbocycles. The summed E-state index contributed by atoms with van der Waals surface area (Å²) in [6.07, 6.45) is 10.1. The van der Waals surface area contributed by atoms with E-state index in [1.807, 2.05) is 33.9 Å². The SMILES string of the molecule is CCCC(COC(=O)/C=C/C1CC1CC)C(COC(=O)CCN(C)CCC[Si](C)(OCC)OCC)C(C)CC=O. The molecule has 1 aliphatic rings. The molecule has 0 amide bonds. The van der Waals surface area contributed by atoms with Gasteiger partial charge in [0.15, 0.2) is 0 Å². The van der Waals surface area contributed by atoms with E-state index >= 15 is 0 Å². The Hall–Kier alpha value is -1.55. The monoisotopic (exact) mass is 583 g/mol. The summed E-state index contributed by atoms with van der Waals surface area (Å²) in [5.41, 5.74) is 0. The summed E-state index contributed by atoms with van der Waals surface area (Å²) in [5, 5.41) is 0. The highest BCUT2D eigenvalue weighted by Crippen LogP contribution is 2.41. The topological polar surface area (TPSA) is 91.4 Å². The predicted octanol–water partition coefficient (Wildman–Crippen LogP) is 5.79. The van der Waals surface area contributed by atoms with Gasteiger partial charge in [0, 0.05) is 38.2 Å². The van der Waals surface area contributed by atoms with Gasteiger partial charge in [-0.2, -0.15) is 0 Å². The molecule has 5 unspecified atom stereocenters. The lowest BCUT2D eigenvalue weighted by atomic mass is 9.79. The van der Waals surface area contributed by atoms with E-state index in [4.69, 9.17) is 18.3 Å². The summed E-state index contributed by atoms with van der Waals surface area (Å²) in [4.78, 5) is 38.4. The first-order valence-corrected chi connectivity index (χ1v) is 18.1. The van der Waals surface area contributed by atoms with Gasteiger partial charge in [-0.3, -0.25) is 4.79 Å². The Labute approximate surface area is 244 Å². The van der Waals surface area contributed by atoms with Crippen LogP contribution >= 0.6 is 0 Å². The molecule has 0 aromatic rings. The second kappa shape index (κ2) is 20.3. The van der Waals surface area contributed by atoms with Crippen LogP contribution in [0.2, 0.25) is 12.6 Å². The smallest absolute Gasteiger partial charge is 0.334 e. The zero-order valence-electron chi connectivity index (χ0n) is 26.3. The van der Waals surface area contributed by atoms with E-state index < -0.39 is 8.56 Å². The van der Waals surface area contributed by atoms with Crippen LogP contribution in [0.3, 0.4) is 0 Å². The Bertz CT molecular complexity index is 756. The van der Waals surface area contributed by atoms with Crippen molar-refractivity contribution in [1.29, 1.82) is 0 Å². The van der Waals surface area contributed by atoms with Crippen LogP contribution < -0.4 is 0 Å². The maximum absolute atomic E-state index is 12.6. The molecule has 1 aliphatic carbocycles. The third-order valence-electron chi connectivity index (χ3n) is 8.09. The van der Waals surface area contributed by atoms with Crippen molar-refractivity contribution >= 4 is 26.8 Å². The number of carbonyl (C=O) groups excluding carboxylic acids is 3. The molecule has 8 nitrogen and oxygen atoms in total. The van der Waals surface area contributed by atoms with Crippen LogP contribution in [-0.4, -0.2) is 78.3 Å². The molecular formula is C31H57NO7Si. The van der Waals surface area contributed by atoms with E-state index in [1.165, 1.54) is 0 Å². The molecular weight excluding hydrogens is 526 g/mol. The number of hydrogen-bond acceptors (Lipinski definition) is 8. The van der Waals surface area contributed by atoms with Gasteiger partial charge in [0.2, 0.25) is 0 Å². The maximum Gasteiger partial charge on any atom is 0.334 e. The van der Waals surface area contributed by atoms with Crippen LogP contribution in [0.15, 0.2) is 12.2 Å². The fourth-order valence-corrected chi connectivity index (χ4v) is 7.81. The second-order valence-corrected chi connectivity index (χ2v) is 14.8. The fraction of sp³-hybridized carbons (Fsp3) is 0.839. The molecule has 0 aromatic heterocycles. The van der Waals surface area contributed by atoms with Crippen LogP contribution in [0.25, 0.3) is 0 Å². The highest BCUT2D eigenvalue weighted by molar-refractivity contribution is 6.66. The van der Waals surface area contributed by atoms with Crippen molar-refractivity contribution in [3.63, 3.8) is 0 Å². The van der Waals surface area contributed by atoms with Crippen molar-refractivity contribution in [2.75, 3.05) is 46.6 Å². The molecule has 0 radical (unpaired) electrons. The van der Waals surface area contributed by atoms with E-state index in [9.17, 15) is 14.4 Å². The van der Waals surface area contributed by atoms with Gasteiger partial charge < -0.3 is 28.0 Å². The average Bonchev–Trinajstić information content (AvgIpc) is 3.68. The standard InChI is InChI=1S/C31H57NO7Si/c1-8-13-28(23-36-30(34)15-14-27-22-26(27)9-2)29(25(5)17-20-33)24-37-31(35)16-19-32(6)18-12-21-40(7,38-10-3)39-11-4/h14-15,20,25-29H,8-13,16-19,21-24H2,1-7H3/b15-14+. The van der Waals surface area contributed by atoms with E-state index in [0.717, 1.165) is 51.0 Å². The molecule has 9 heteroatoms. The Morgan fingerprint density at radius 1 is 1.05 bits per heavy atom. The van der Waals surface area contributed by atoms with Crippen LogP contribution in [0.1, 0.15) is 79.6 Å². The van der Waals surface area contributed by atoms with E-state index in [0.29, 0.717) is 44.4 Å². The number of aldehydes is 1. The van der Waals surface area contributed by atoms with Crippen LogP contribution in [-0.2, 0) is 32.7 Å². The van der Waals surface area contributed by atoms with Crippen molar-refractivity contribution in [2.24, 2.45) is 29.6 Å². The number of allylic oxidation sites excluding steroid dienone is 1. The van der Waals surface area contributed by atoms with Gasteiger partial charge >= 0.3 is 20.5 Å². The largest absolute Gasteiger partial charge is 0.465 e. The van der Waals surface area contributed by atoms with Crippen LogP contribution in [0, 0.1) is 29.6 Å². The minimum atomic E-state index is -2.13. The number of carbonyl (C=O) groups is 3. The van der Waals surface area contributed by atoms with Crippen molar-refractivity contribution in [3.05, 3.63) is 12.2 Å². The molecule has 0 saturated heterocycles. The highest BCUT2D eigenvalue weighted by Gasteiger charge is 2.33. The van der Waals surface area contributed by atoms with Crippen molar-refractivity contribution in [3.8, 4) is 0 Å². The molecule has 0 heterocycles. The first kappa shape index (κ1) is 36.5. The van der Waals surface area contributed by atoms with Gasteiger partial charge in [0.1, 0.15) is 6.29 Å². The summed E-state index contributed by atoms with van der Waals surface area (Å²) in [7, 11) is -0.118. The van der Waals surface area contributed by atoms with E-state index in [-0.39, 0.29) is 42.9 Å². The highest BCUT2D eigenvalue weighted by atomic mass is 28.4. The number of nitrogens with zero attached hydrogens (tertiary/aromatic N) is 1. The van der Waals surface area contributed by atoms with E-state index in [2.05, 4.69) is 25.3 Å². The van der Waals surface area contributed by atoms with Gasteiger partial charge in [-0.15, -0.1) is 0 Å². The average molecular weight is 584 g/mol. The minimum absolute atomic E-state index is 0.0182. The van der Waals surface area contributed by atoms with Gasteiger partial charge in [0.05, 0.1) is 19.6 Å². The molecule has 40 heavy (non-hydrogen) atoms. The second-order valence-electron chi connectivity index (χ2n) is 11.5. The molecule has 0 bridgehead atoms. The summed E-state index contributed by atoms with van der Waals surface area (Å²) in [6, 6.07) is 0.915. The predicted molar refractivity (Wildman–Crippen MR) is 161 cm³/mol. The molecule has 1 rings (SSSR count). The normalized spacial score (nSPS) is 19.4. The summed E-state index contributed by atoms with van der Waals surface area (Å²) < 4.78 is 23.2. The quantitative estimate of drug-likeness (QED) is 0.0610. The number of hydrogen-bond donors (Lipinski definition) is 0. The summed E-state index contributed by atoms with van der Waals surface area (Å²) >= 11 is 0. The zero-order chi connectivity index (χ0) is 30.0. The molecule has 0 aliphatic heterocycles. The Kier molecular flexibility index (Phi) is 18.6. The Morgan fingerprint density at radius 3 is 2.33 bits per heavy atom. The number of ether oxygens (including phenoxy) is 2. The lowest BCUT2D eigenvalue weighted by Gasteiger charge is -2.30. The van der Waals surface area contributed by atoms with Crippen molar-refractivity contribution < 1.29 is 32.7 Å². The zero-order valence-corrected chi connectivity index (χ0v) is 27.3. The van der Waals surface area contributed by atoms with Crippen molar-refractivity contribution in [1.82, 2.24) is 4.90 Å². The lowest BCUT2D eigenvalue weighted by molar-refractivity contribution is -0.149. The molecule has 5 atom stereocenters. The Balaban J connectivity index is 2.56. The number of esters is 2. The summed E-state index contributed by atoms with van der Waals surface area (Å²) in [5.74, 6) is 0.596. The summed E-state index contributed by atoms with van der Waals surface area (Å²) in [6.45, 7) is 15.6. The van der Waals surface area contributed by atoms with Crippen LogP contribution in [0.4, 0.5) is 0 Å². The third kappa shape index (κ3) is 14.9. The lowest BCUT2D eigenvalue weighted by Crippen LogP contribution is -2.39. The molecule has 0 aromatic carbocycles. The molecule has 1 fully saturated rings. The third-order valence-corrected chi connectivity index (χ3v) is 11.1. The molecule has 232 valence electrons. The Morgan fingerprint density at radius 2 is 1.75 bits per heavy atom. The fourth-order valence-electron chi connectivity index (χ4n) is 5.42. The van der Waals surface area contributed by atoms with Crippen LogP contribution in [0.5, 0.6) is 0 Å². The van der Waals surface area contributed by atoms with Crippen molar-refractivity contribution in [2.45, 2.75) is 92.2 Å². The number of rotatable bonds is 24. The molecule has 0 spiro atoms. The molecule has 0 N–H and O–H groups in total.